The highest BCUT2D eigenvalue weighted by Crippen LogP contribution is 2.26. The summed E-state index contributed by atoms with van der Waals surface area (Å²) in [6.45, 7) is 2.21. The van der Waals surface area contributed by atoms with E-state index in [0.717, 1.165) is 22.2 Å². The van der Waals surface area contributed by atoms with Gasteiger partial charge in [-0.15, -0.1) is 0 Å². The van der Waals surface area contributed by atoms with Gasteiger partial charge in [0, 0.05) is 22.3 Å². The van der Waals surface area contributed by atoms with Gasteiger partial charge in [-0.3, -0.25) is 4.79 Å². The number of nitrogens with one attached hydrogen (secondary N) is 1. The number of nitriles is 1. The summed E-state index contributed by atoms with van der Waals surface area (Å²) in [5.41, 5.74) is 3.55. The van der Waals surface area contributed by atoms with E-state index in [-0.39, 0.29) is 18.0 Å². The summed E-state index contributed by atoms with van der Waals surface area (Å²) in [5.74, 6) is -0.947. The van der Waals surface area contributed by atoms with Gasteiger partial charge in [0.25, 0.3) is 5.91 Å². The molecule has 142 valence electrons. The molecule has 4 aromatic rings. The first-order chi connectivity index (χ1) is 14.1. The molecule has 4 rings (SSSR count). The smallest absolute Gasteiger partial charge is 0.260 e. The van der Waals surface area contributed by atoms with E-state index in [9.17, 15) is 14.4 Å². The summed E-state index contributed by atoms with van der Waals surface area (Å²) in [5, 5.41) is 17.7. The quantitative estimate of drug-likeness (QED) is 0.572. The lowest BCUT2D eigenvalue weighted by Gasteiger charge is -2.23. The van der Waals surface area contributed by atoms with Gasteiger partial charge in [0.15, 0.2) is 0 Å². The zero-order valence-corrected chi connectivity index (χ0v) is 15.6. The van der Waals surface area contributed by atoms with Crippen LogP contribution in [0.2, 0.25) is 0 Å². The average molecular weight is 385 g/mol. The molecule has 0 aliphatic heterocycles. The molecule has 0 saturated heterocycles. The first-order valence-corrected chi connectivity index (χ1v) is 8.92. The average Bonchev–Trinajstić information content (AvgIpc) is 3.13. The molecule has 2 heterocycles. The Labute approximate surface area is 166 Å². The Balaban J connectivity index is 1.82. The van der Waals surface area contributed by atoms with E-state index in [2.05, 4.69) is 15.2 Å². The minimum atomic E-state index is -0.627. The van der Waals surface area contributed by atoms with E-state index in [0.29, 0.717) is 11.3 Å². The molecule has 0 saturated carbocycles. The minimum absolute atomic E-state index is 0.121. The van der Waals surface area contributed by atoms with Crippen LogP contribution in [0.25, 0.3) is 10.9 Å². The number of nitrogens with zero attached hydrogens (tertiary/aromatic N) is 4. The molecular weight excluding hydrogens is 369 g/mol. The Kier molecular flexibility index (Phi) is 4.75. The number of aromatic amines is 1. The van der Waals surface area contributed by atoms with Crippen LogP contribution in [-0.2, 0) is 6.54 Å². The topological polar surface area (TPSA) is 85.7 Å². The van der Waals surface area contributed by atoms with E-state index >= 15 is 0 Å². The van der Waals surface area contributed by atoms with Gasteiger partial charge in [0.05, 0.1) is 30.1 Å². The zero-order chi connectivity index (χ0) is 20.4. The van der Waals surface area contributed by atoms with Gasteiger partial charge in [-0.1, -0.05) is 12.1 Å². The third-order valence-corrected chi connectivity index (χ3v) is 4.68. The number of aromatic nitrogens is 3. The second-order valence-electron chi connectivity index (χ2n) is 6.63. The van der Waals surface area contributed by atoms with Crippen molar-refractivity contribution in [3.8, 4) is 6.07 Å². The van der Waals surface area contributed by atoms with Gasteiger partial charge >= 0.3 is 0 Å². The van der Waals surface area contributed by atoms with Crippen molar-refractivity contribution in [1.29, 1.82) is 5.26 Å². The lowest BCUT2D eigenvalue weighted by atomic mass is 10.1. The van der Waals surface area contributed by atoms with Gasteiger partial charge in [0.2, 0.25) is 0 Å². The zero-order valence-electron chi connectivity index (χ0n) is 15.6. The molecule has 2 aromatic carbocycles. The van der Waals surface area contributed by atoms with Crippen LogP contribution < -0.4 is 4.90 Å². The fourth-order valence-electron chi connectivity index (χ4n) is 3.29. The number of rotatable bonds is 4. The maximum Gasteiger partial charge on any atom is 0.260 e. The van der Waals surface area contributed by atoms with E-state index in [1.54, 1.807) is 6.07 Å². The SMILES string of the molecule is Cc1cc2c(CN(C(=O)c3ccnnc3)c3ccc(F)c(C#N)c3)cccc2[nH]1. The molecule has 0 bridgehead atoms. The van der Waals surface area contributed by atoms with E-state index < -0.39 is 5.82 Å². The summed E-state index contributed by atoms with van der Waals surface area (Å²) in [4.78, 5) is 18.0. The maximum atomic E-state index is 13.8. The standard InChI is InChI=1S/C22H16FN5O/c1-14-9-19-16(3-2-4-21(19)27-14)13-28(22(29)15-7-8-25-26-12-15)18-5-6-20(23)17(10-18)11-24/h2-10,12,27H,13H2,1H3. The molecule has 0 aliphatic rings. The van der Waals surface area contributed by atoms with E-state index in [4.69, 9.17) is 0 Å². The van der Waals surface area contributed by atoms with Crippen LogP contribution in [0, 0.1) is 24.1 Å². The van der Waals surface area contributed by atoms with Crippen molar-refractivity contribution in [3.63, 3.8) is 0 Å². The van der Waals surface area contributed by atoms with E-state index in [1.807, 2.05) is 37.3 Å². The number of H-pyrrole nitrogens is 1. The molecule has 7 heteroatoms. The van der Waals surface area contributed by atoms with Gasteiger partial charge in [-0.05, 0) is 48.9 Å². The van der Waals surface area contributed by atoms with Crippen LogP contribution in [-0.4, -0.2) is 21.1 Å². The molecule has 1 N–H and O–H groups in total. The molecule has 29 heavy (non-hydrogen) atoms. The van der Waals surface area contributed by atoms with Gasteiger partial charge in [-0.25, -0.2) is 4.39 Å². The Hall–Kier alpha value is -4.05. The molecule has 0 atom stereocenters. The predicted octanol–water partition coefficient (Wildman–Crippen LogP) is 4.12. The molecule has 0 unspecified atom stereocenters. The molecular formula is C22H16FN5O. The Morgan fingerprint density at radius 1 is 1.21 bits per heavy atom. The van der Waals surface area contributed by atoms with Crippen molar-refractivity contribution < 1.29 is 9.18 Å². The summed E-state index contributed by atoms with van der Waals surface area (Å²) in [6, 6.07) is 15.3. The highest BCUT2D eigenvalue weighted by Gasteiger charge is 2.21. The number of amides is 1. The van der Waals surface area contributed by atoms with Crippen molar-refractivity contribution in [2.45, 2.75) is 13.5 Å². The Morgan fingerprint density at radius 3 is 2.83 bits per heavy atom. The number of carbonyl (C=O) groups is 1. The normalized spacial score (nSPS) is 10.7. The van der Waals surface area contributed by atoms with Crippen molar-refractivity contribution in [1.82, 2.24) is 15.2 Å². The molecule has 2 aromatic heterocycles. The number of hydrogen-bond acceptors (Lipinski definition) is 4. The number of carbonyl (C=O) groups excluding carboxylic acids is 1. The summed E-state index contributed by atoms with van der Waals surface area (Å²) < 4.78 is 13.8. The monoisotopic (exact) mass is 385 g/mol. The first kappa shape index (κ1) is 18.3. The first-order valence-electron chi connectivity index (χ1n) is 8.92. The summed E-state index contributed by atoms with van der Waals surface area (Å²) in [6.07, 6.45) is 2.82. The summed E-state index contributed by atoms with van der Waals surface area (Å²) in [7, 11) is 0. The number of anilines is 1. The van der Waals surface area contributed by atoms with Crippen molar-refractivity contribution >= 4 is 22.5 Å². The van der Waals surface area contributed by atoms with Crippen molar-refractivity contribution in [3.05, 3.63) is 89.1 Å². The number of benzene rings is 2. The number of halogens is 1. The third kappa shape index (κ3) is 3.56. The van der Waals surface area contributed by atoms with Crippen LogP contribution in [0.5, 0.6) is 0 Å². The molecule has 1 amide bonds. The number of fused-ring (bicyclic) bond motifs is 1. The van der Waals surface area contributed by atoms with Crippen molar-refractivity contribution in [2.24, 2.45) is 0 Å². The largest absolute Gasteiger partial charge is 0.359 e. The third-order valence-electron chi connectivity index (χ3n) is 4.68. The van der Waals surface area contributed by atoms with E-state index in [1.165, 1.54) is 35.5 Å². The minimum Gasteiger partial charge on any atom is -0.359 e. The summed E-state index contributed by atoms with van der Waals surface area (Å²) >= 11 is 0. The van der Waals surface area contributed by atoms with Crippen LogP contribution >= 0.6 is 0 Å². The highest BCUT2D eigenvalue weighted by atomic mass is 19.1. The van der Waals surface area contributed by atoms with Crippen LogP contribution in [0.15, 0.2) is 60.9 Å². The van der Waals surface area contributed by atoms with Gasteiger partial charge < -0.3 is 9.88 Å². The van der Waals surface area contributed by atoms with Gasteiger partial charge in [0.1, 0.15) is 11.9 Å². The second-order valence-corrected chi connectivity index (χ2v) is 6.63. The molecule has 0 radical (unpaired) electrons. The molecule has 0 spiro atoms. The Morgan fingerprint density at radius 2 is 2.07 bits per heavy atom. The molecule has 0 fully saturated rings. The van der Waals surface area contributed by atoms with Crippen LogP contribution in [0.1, 0.15) is 27.2 Å². The fourth-order valence-corrected chi connectivity index (χ4v) is 3.29. The van der Waals surface area contributed by atoms with Crippen molar-refractivity contribution in [2.75, 3.05) is 4.90 Å². The molecule has 0 aliphatic carbocycles. The predicted molar refractivity (Wildman–Crippen MR) is 107 cm³/mol. The lowest BCUT2D eigenvalue weighted by Crippen LogP contribution is -2.30. The number of hydrogen-bond donors (Lipinski definition) is 1. The lowest BCUT2D eigenvalue weighted by molar-refractivity contribution is 0.0984. The number of aryl methyl sites for hydroxylation is 1. The Bertz CT molecular complexity index is 1240. The highest BCUT2D eigenvalue weighted by molar-refractivity contribution is 6.06. The van der Waals surface area contributed by atoms with Crippen LogP contribution in [0.4, 0.5) is 10.1 Å². The molecule has 6 nitrogen and oxygen atoms in total. The second kappa shape index (κ2) is 7.52. The fraction of sp³-hybridized carbons (Fsp3) is 0.0909. The maximum absolute atomic E-state index is 13.8. The van der Waals surface area contributed by atoms with Gasteiger partial charge in [-0.2, -0.15) is 15.5 Å². The van der Waals surface area contributed by atoms with Crippen LogP contribution in [0.3, 0.4) is 0 Å².